The van der Waals surface area contributed by atoms with Crippen molar-refractivity contribution in [2.45, 2.75) is 19.9 Å². The third-order valence-corrected chi connectivity index (χ3v) is 2.72. The molecule has 3 amide bonds. The largest absolute Gasteiger partial charge is 0.336 e. The van der Waals surface area contributed by atoms with E-state index in [1.165, 1.54) is 6.20 Å². The highest BCUT2D eigenvalue weighted by atomic mass is 16.2. The molecule has 3 N–H and O–H groups in total. The fraction of sp³-hybridized carbons (Fsp3) is 0.188. The van der Waals surface area contributed by atoms with Crippen molar-refractivity contribution < 1.29 is 9.59 Å². The van der Waals surface area contributed by atoms with E-state index in [1.807, 2.05) is 13.8 Å². The predicted molar refractivity (Wildman–Crippen MR) is 85.9 cm³/mol. The smallest absolute Gasteiger partial charge is 0.319 e. The topological polar surface area (TPSA) is 83.1 Å². The first-order valence-corrected chi connectivity index (χ1v) is 6.93. The number of urea groups is 1. The Morgan fingerprint density at radius 1 is 1.05 bits per heavy atom. The lowest BCUT2D eigenvalue weighted by atomic mass is 10.2. The normalized spacial score (nSPS) is 10.1. The van der Waals surface area contributed by atoms with E-state index in [2.05, 4.69) is 20.9 Å². The van der Waals surface area contributed by atoms with E-state index in [-0.39, 0.29) is 18.0 Å². The van der Waals surface area contributed by atoms with Gasteiger partial charge in [0.05, 0.1) is 5.56 Å². The van der Waals surface area contributed by atoms with Crippen molar-refractivity contribution >= 4 is 23.3 Å². The van der Waals surface area contributed by atoms with Crippen LogP contribution in [-0.4, -0.2) is 23.0 Å². The van der Waals surface area contributed by atoms with Gasteiger partial charge in [0.15, 0.2) is 0 Å². The number of aromatic nitrogens is 1. The van der Waals surface area contributed by atoms with Crippen LogP contribution >= 0.6 is 0 Å². The quantitative estimate of drug-likeness (QED) is 0.811. The van der Waals surface area contributed by atoms with Gasteiger partial charge in [0.1, 0.15) is 0 Å². The van der Waals surface area contributed by atoms with Crippen LogP contribution in [0, 0.1) is 0 Å². The molecule has 0 aliphatic heterocycles. The number of anilines is 2. The fourth-order valence-electron chi connectivity index (χ4n) is 1.80. The highest BCUT2D eigenvalue weighted by Crippen LogP contribution is 2.16. The minimum atomic E-state index is -0.286. The van der Waals surface area contributed by atoms with Crippen molar-refractivity contribution in [3.8, 4) is 0 Å². The average Bonchev–Trinajstić information content (AvgIpc) is 2.47. The van der Waals surface area contributed by atoms with Crippen molar-refractivity contribution in [1.29, 1.82) is 0 Å². The summed E-state index contributed by atoms with van der Waals surface area (Å²) in [6, 6.07) is 10.1. The third kappa shape index (κ3) is 4.59. The van der Waals surface area contributed by atoms with Gasteiger partial charge in [0.2, 0.25) is 0 Å². The number of hydrogen-bond donors (Lipinski definition) is 3. The molecule has 0 spiro atoms. The lowest BCUT2D eigenvalue weighted by Gasteiger charge is -2.11. The summed E-state index contributed by atoms with van der Waals surface area (Å²) < 4.78 is 0. The van der Waals surface area contributed by atoms with Gasteiger partial charge < -0.3 is 16.0 Å². The minimum Gasteiger partial charge on any atom is -0.336 e. The first kappa shape index (κ1) is 15.5. The van der Waals surface area contributed by atoms with Crippen molar-refractivity contribution in [3.05, 3.63) is 54.4 Å². The molecule has 0 radical (unpaired) electrons. The molecule has 0 atom stereocenters. The SMILES string of the molecule is CC(C)NC(=O)Nc1cccc(NC(=O)c2cccnc2)c1. The summed E-state index contributed by atoms with van der Waals surface area (Å²) in [6.45, 7) is 3.76. The van der Waals surface area contributed by atoms with Crippen molar-refractivity contribution in [2.75, 3.05) is 10.6 Å². The monoisotopic (exact) mass is 298 g/mol. The van der Waals surface area contributed by atoms with Gasteiger partial charge in [0.25, 0.3) is 5.91 Å². The summed E-state index contributed by atoms with van der Waals surface area (Å²) >= 11 is 0. The molecule has 0 saturated heterocycles. The molecule has 1 aromatic carbocycles. The number of hydrogen-bond acceptors (Lipinski definition) is 3. The van der Waals surface area contributed by atoms with Crippen LogP contribution < -0.4 is 16.0 Å². The van der Waals surface area contributed by atoms with Gasteiger partial charge >= 0.3 is 6.03 Å². The van der Waals surface area contributed by atoms with Crippen LogP contribution in [-0.2, 0) is 0 Å². The van der Waals surface area contributed by atoms with Crippen LogP contribution in [0.25, 0.3) is 0 Å². The zero-order valence-corrected chi connectivity index (χ0v) is 12.5. The van der Waals surface area contributed by atoms with E-state index < -0.39 is 0 Å². The zero-order chi connectivity index (χ0) is 15.9. The molecule has 0 bridgehead atoms. The first-order chi connectivity index (χ1) is 10.5. The van der Waals surface area contributed by atoms with Gasteiger partial charge in [-0.15, -0.1) is 0 Å². The highest BCUT2D eigenvalue weighted by molar-refractivity contribution is 6.04. The Labute approximate surface area is 129 Å². The molecule has 2 aromatic rings. The van der Waals surface area contributed by atoms with Gasteiger partial charge in [-0.1, -0.05) is 6.07 Å². The Balaban J connectivity index is 2.02. The highest BCUT2D eigenvalue weighted by Gasteiger charge is 2.07. The Hall–Kier alpha value is -2.89. The number of carbonyl (C=O) groups excluding carboxylic acids is 2. The van der Waals surface area contributed by atoms with Crippen molar-refractivity contribution in [3.63, 3.8) is 0 Å². The summed E-state index contributed by atoms with van der Waals surface area (Å²) in [4.78, 5) is 27.6. The van der Waals surface area contributed by atoms with E-state index in [0.717, 1.165) is 0 Å². The predicted octanol–water partition coefficient (Wildman–Crippen LogP) is 2.86. The standard InChI is InChI=1S/C16H18N4O2/c1-11(2)18-16(22)20-14-7-3-6-13(9-14)19-15(21)12-5-4-8-17-10-12/h3-11H,1-2H3,(H,19,21)(H2,18,20,22). The molecule has 0 fully saturated rings. The Bertz CT molecular complexity index is 656. The van der Waals surface area contributed by atoms with Crippen LogP contribution in [0.4, 0.5) is 16.2 Å². The summed E-state index contributed by atoms with van der Waals surface area (Å²) in [5.41, 5.74) is 1.66. The zero-order valence-electron chi connectivity index (χ0n) is 12.5. The summed E-state index contributed by atoms with van der Waals surface area (Å²) in [7, 11) is 0. The van der Waals surface area contributed by atoms with Gasteiger partial charge in [0, 0.05) is 29.8 Å². The molecule has 1 heterocycles. The number of benzene rings is 1. The second-order valence-corrected chi connectivity index (χ2v) is 5.03. The Morgan fingerprint density at radius 3 is 2.41 bits per heavy atom. The minimum absolute atomic E-state index is 0.0495. The molecule has 0 aliphatic carbocycles. The van der Waals surface area contributed by atoms with Gasteiger partial charge in [-0.05, 0) is 44.2 Å². The van der Waals surface area contributed by atoms with E-state index in [1.54, 1.807) is 42.6 Å². The lowest BCUT2D eigenvalue weighted by Crippen LogP contribution is -2.34. The van der Waals surface area contributed by atoms with E-state index >= 15 is 0 Å². The molecule has 6 heteroatoms. The summed E-state index contributed by atoms with van der Waals surface area (Å²) in [5.74, 6) is -0.253. The molecule has 22 heavy (non-hydrogen) atoms. The Kier molecular flexibility index (Phi) is 5.08. The van der Waals surface area contributed by atoms with Crippen molar-refractivity contribution in [2.24, 2.45) is 0 Å². The van der Waals surface area contributed by atoms with E-state index in [0.29, 0.717) is 16.9 Å². The third-order valence-electron chi connectivity index (χ3n) is 2.72. The lowest BCUT2D eigenvalue weighted by molar-refractivity contribution is 0.102. The molecule has 2 rings (SSSR count). The van der Waals surface area contributed by atoms with Crippen LogP contribution in [0.1, 0.15) is 24.2 Å². The first-order valence-electron chi connectivity index (χ1n) is 6.93. The number of amides is 3. The van der Waals surface area contributed by atoms with Crippen LogP contribution in [0.5, 0.6) is 0 Å². The summed E-state index contributed by atoms with van der Waals surface area (Å²) in [6.07, 6.45) is 3.10. The van der Waals surface area contributed by atoms with E-state index in [4.69, 9.17) is 0 Å². The second kappa shape index (κ2) is 7.21. The molecular formula is C16H18N4O2. The Morgan fingerprint density at radius 2 is 1.77 bits per heavy atom. The van der Waals surface area contributed by atoms with Crippen molar-refractivity contribution in [1.82, 2.24) is 10.3 Å². The number of pyridine rings is 1. The van der Waals surface area contributed by atoms with Gasteiger partial charge in [-0.25, -0.2) is 4.79 Å². The number of nitrogens with zero attached hydrogens (tertiary/aromatic N) is 1. The average molecular weight is 298 g/mol. The molecule has 0 saturated carbocycles. The van der Waals surface area contributed by atoms with Crippen LogP contribution in [0.15, 0.2) is 48.8 Å². The summed E-state index contributed by atoms with van der Waals surface area (Å²) in [5, 5.41) is 8.21. The molecule has 114 valence electrons. The molecule has 1 aromatic heterocycles. The van der Waals surface area contributed by atoms with Gasteiger partial charge in [-0.3, -0.25) is 9.78 Å². The van der Waals surface area contributed by atoms with Gasteiger partial charge in [-0.2, -0.15) is 0 Å². The maximum Gasteiger partial charge on any atom is 0.319 e. The molecule has 0 unspecified atom stereocenters. The molecule has 6 nitrogen and oxygen atoms in total. The maximum atomic E-state index is 12.0. The van der Waals surface area contributed by atoms with E-state index in [9.17, 15) is 9.59 Å². The fourth-order valence-corrected chi connectivity index (χ4v) is 1.80. The second-order valence-electron chi connectivity index (χ2n) is 5.03. The number of carbonyl (C=O) groups is 2. The maximum absolute atomic E-state index is 12.0. The molecular weight excluding hydrogens is 280 g/mol. The molecule has 0 aliphatic rings. The number of rotatable bonds is 4. The van der Waals surface area contributed by atoms with Crippen LogP contribution in [0.3, 0.4) is 0 Å². The van der Waals surface area contributed by atoms with Crippen LogP contribution in [0.2, 0.25) is 0 Å². The number of nitrogens with one attached hydrogen (secondary N) is 3.